The van der Waals surface area contributed by atoms with Gasteiger partial charge in [0.15, 0.2) is 0 Å². The minimum Gasteiger partial charge on any atom is -0.443 e. The van der Waals surface area contributed by atoms with Crippen molar-refractivity contribution in [2.24, 2.45) is 0 Å². The van der Waals surface area contributed by atoms with E-state index in [1.54, 1.807) is 7.05 Å². The lowest BCUT2D eigenvalue weighted by Crippen LogP contribution is -2.45. The molecule has 1 saturated heterocycles. The first-order valence-corrected chi connectivity index (χ1v) is 4.65. The molecule has 0 saturated carbocycles. The maximum absolute atomic E-state index is 11.0. The number of alkyl carbamates (subject to hydrolysis) is 1. The van der Waals surface area contributed by atoms with Crippen LogP contribution in [0.3, 0.4) is 0 Å². The van der Waals surface area contributed by atoms with Gasteiger partial charge < -0.3 is 15.0 Å². The zero-order valence-corrected chi connectivity index (χ0v) is 8.59. The molecule has 4 nitrogen and oxygen atoms in total. The summed E-state index contributed by atoms with van der Waals surface area (Å²) in [6.45, 7) is 3.98. The molecule has 1 N–H and O–H groups in total. The van der Waals surface area contributed by atoms with E-state index in [0.717, 1.165) is 25.9 Å². The molecular weight excluding hydrogens is 168 g/mol. The number of carbonyl (C=O) groups excluding carboxylic acids is 1. The second-order valence-corrected chi connectivity index (χ2v) is 3.89. The molecule has 1 fully saturated rings. The van der Waals surface area contributed by atoms with Crippen molar-refractivity contribution in [2.45, 2.75) is 25.4 Å². The van der Waals surface area contributed by atoms with Gasteiger partial charge in [-0.3, -0.25) is 0 Å². The van der Waals surface area contributed by atoms with Gasteiger partial charge in [-0.25, -0.2) is 4.79 Å². The fraction of sp³-hybridized carbons (Fsp3) is 0.889. The highest BCUT2D eigenvalue weighted by Gasteiger charge is 2.32. The average molecular weight is 186 g/mol. The summed E-state index contributed by atoms with van der Waals surface area (Å²) in [6, 6.07) is 0. The maximum atomic E-state index is 11.0. The summed E-state index contributed by atoms with van der Waals surface area (Å²) in [4.78, 5) is 13.3. The summed E-state index contributed by atoms with van der Waals surface area (Å²) in [5.74, 6) is 0. The van der Waals surface area contributed by atoms with Crippen molar-refractivity contribution in [3.05, 3.63) is 0 Å². The van der Waals surface area contributed by atoms with Crippen LogP contribution in [0.25, 0.3) is 0 Å². The van der Waals surface area contributed by atoms with Crippen LogP contribution in [0, 0.1) is 0 Å². The van der Waals surface area contributed by atoms with Crippen molar-refractivity contribution in [2.75, 3.05) is 27.2 Å². The molecule has 1 amide bonds. The third-order valence-corrected chi connectivity index (χ3v) is 2.59. The zero-order chi connectivity index (χ0) is 9.90. The largest absolute Gasteiger partial charge is 0.443 e. The Morgan fingerprint density at radius 1 is 1.46 bits per heavy atom. The standard InChI is InChI=1S/C9H18N2O2/c1-9(13-8(12)10-2)4-6-11(3)7-5-9/h4-7H2,1-3H3,(H,10,12). The molecule has 0 aliphatic carbocycles. The van der Waals surface area contributed by atoms with Crippen LogP contribution in [0.15, 0.2) is 0 Å². The van der Waals surface area contributed by atoms with Crippen molar-refractivity contribution >= 4 is 6.09 Å². The number of nitrogens with one attached hydrogen (secondary N) is 1. The summed E-state index contributed by atoms with van der Waals surface area (Å²) < 4.78 is 5.30. The number of ether oxygens (including phenoxy) is 1. The Morgan fingerprint density at radius 2 is 2.00 bits per heavy atom. The normalized spacial score (nSPS) is 22.4. The predicted molar refractivity (Wildman–Crippen MR) is 50.7 cm³/mol. The number of nitrogens with zero attached hydrogens (tertiary/aromatic N) is 1. The molecule has 0 aromatic rings. The second-order valence-electron chi connectivity index (χ2n) is 3.89. The lowest BCUT2D eigenvalue weighted by atomic mass is 9.94. The minimum atomic E-state index is -0.327. The highest BCUT2D eigenvalue weighted by Crippen LogP contribution is 2.24. The molecule has 0 aromatic heterocycles. The van der Waals surface area contributed by atoms with E-state index in [-0.39, 0.29) is 11.7 Å². The van der Waals surface area contributed by atoms with Crippen molar-refractivity contribution < 1.29 is 9.53 Å². The second kappa shape index (κ2) is 3.96. The van der Waals surface area contributed by atoms with Crippen molar-refractivity contribution in [3.63, 3.8) is 0 Å². The maximum Gasteiger partial charge on any atom is 0.407 e. The Labute approximate surface area is 79.2 Å². The van der Waals surface area contributed by atoms with Crippen LogP contribution in [0.4, 0.5) is 4.79 Å². The molecule has 0 unspecified atom stereocenters. The van der Waals surface area contributed by atoms with E-state index >= 15 is 0 Å². The number of carbonyl (C=O) groups is 1. The molecule has 1 aliphatic rings. The topological polar surface area (TPSA) is 41.6 Å². The van der Waals surface area contributed by atoms with E-state index in [4.69, 9.17) is 4.74 Å². The van der Waals surface area contributed by atoms with E-state index in [1.165, 1.54) is 0 Å². The van der Waals surface area contributed by atoms with Crippen LogP contribution in [0.2, 0.25) is 0 Å². The lowest BCUT2D eigenvalue weighted by Gasteiger charge is -2.36. The van der Waals surface area contributed by atoms with E-state index < -0.39 is 0 Å². The Balaban J connectivity index is 2.43. The van der Waals surface area contributed by atoms with Gasteiger partial charge in [0, 0.05) is 20.1 Å². The fourth-order valence-corrected chi connectivity index (χ4v) is 1.47. The highest BCUT2D eigenvalue weighted by molar-refractivity contribution is 5.67. The summed E-state index contributed by atoms with van der Waals surface area (Å²) in [5.41, 5.74) is -0.271. The predicted octanol–water partition coefficient (Wildman–Crippen LogP) is 0.827. The Hall–Kier alpha value is -0.770. The van der Waals surface area contributed by atoms with Gasteiger partial charge in [0.1, 0.15) is 5.60 Å². The quantitative estimate of drug-likeness (QED) is 0.659. The van der Waals surface area contributed by atoms with Crippen LogP contribution < -0.4 is 5.32 Å². The monoisotopic (exact) mass is 186 g/mol. The van der Waals surface area contributed by atoms with Crippen molar-refractivity contribution in [3.8, 4) is 0 Å². The number of amides is 1. The van der Waals surface area contributed by atoms with Crippen LogP contribution >= 0.6 is 0 Å². The summed E-state index contributed by atoms with van der Waals surface area (Å²) in [7, 11) is 3.67. The summed E-state index contributed by atoms with van der Waals surface area (Å²) in [5, 5.41) is 2.47. The van der Waals surface area contributed by atoms with Crippen molar-refractivity contribution in [1.29, 1.82) is 0 Å². The first-order chi connectivity index (χ1) is 6.06. The van der Waals surface area contributed by atoms with E-state index in [2.05, 4.69) is 17.3 Å². The number of likely N-dealkylation sites (tertiary alicyclic amines) is 1. The molecule has 0 atom stereocenters. The van der Waals surface area contributed by atoms with Crippen LogP contribution in [-0.4, -0.2) is 43.8 Å². The molecule has 0 bridgehead atoms. The third kappa shape index (κ3) is 2.88. The SMILES string of the molecule is CNC(=O)OC1(C)CCN(C)CC1. The van der Waals surface area contributed by atoms with Crippen LogP contribution in [0.5, 0.6) is 0 Å². The van der Waals surface area contributed by atoms with Gasteiger partial charge in [-0.2, -0.15) is 0 Å². The Morgan fingerprint density at radius 3 is 2.46 bits per heavy atom. The summed E-state index contributed by atoms with van der Waals surface area (Å²) in [6.07, 6.45) is 1.50. The van der Waals surface area contributed by atoms with Gasteiger partial charge in [-0.15, -0.1) is 0 Å². The Bertz CT molecular complexity index is 186. The molecule has 1 heterocycles. The van der Waals surface area contributed by atoms with Crippen LogP contribution in [0.1, 0.15) is 19.8 Å². The molecule has 1 aliphatic heterocycles. The Kier molecular flexibility index (Phi) is 3.14. The number of piperidine rings is 1. The smallest absolute Gasteiger partial charge is 0.407 e. The zero-order valence-electron chi connectivity index (χ0n) is 8.59. The molecule has 4 heteroatoms. The van der Waals surface area contributed by atoms with E-state index in [0.29, 0.717) is 0 Å². The molecule has 1 rings (SSSR count). The molecule has 13 heavy (non-hydrogen) atoms. The fourth-order valence-electron chi connectivity index (χ4n) is 1.47. The minimum absolute atomic E-state index is 0.271. The molecule has 76 valence electrons. The van der Waals surface area contributed by atoms with Gasteiger partial charge in [0.05, 0.1) is 0 Å². The first kappa shape index (κ1) is 10.3. The van der Waals surface area contributed by atoms with Gasteiger partial charge in [-0.05, 0) is 26.8 Å². The van der Waals surface area contributed by atoms with Crippen LogP contribution in [-0.2, 0) is 4.74 Å². The molecule has 0 spiro atoms. The molecular formula is C9H18N2O2. The molecule has 0 radical (unpaired) electrons. The third-order valence-electron chi connectivity index (χ3n) is 2.59. The molecule has 0 aromatic carbocycles. The van der Waals surface area contributed by atoms with Gasteiger partial charge in [0.25, 0.3) is 0 Å². The van der Waals surface area contributed by atoms with Gasteiger partial charge in [-0.1, -0.05) is 0 Å². The van der Waals surface area contributed by atoms with E-state index in [9.17, 15) is 4.79 Å². The van der Waals surface area contributed by atoms with Crippen molar-refractivity contribution in [1.82, 2.24) is 10.2 Å². The number of hydrogen-bond donors (Lipinski definition) is 1. The lowest BCUT2D eigenvalue weighted by molar-refractivity contribution is -0.0167. The number of hydrogen-bond acceptors (Lipinski definition) is 3. The van der Waals surface area contributed by atoms with Gasteiger partial charge >= 0.3 is 6.09 Å². The van der Waals surface area contributed by atoms with E-state index in [1.807, 2.05) is 6.92 Å². The first-order valence-electron chi connectivity index (χ1n) is 4.65. The average Bonchev–Trinajstić information content (AvgIpc) is 2.10. The summed E-state index contributed by atoms with van der Waals surface area (Å²) >= 11 is 0. The van der Waals surface area contributed by atoms with Gasteiger partial charge in [0.2, 0.25) is 0 Å². The highest BCUT2D eigenvalue weighted by atomic mass is 16.6. The number of rotatable bonds is 1.